The van der Waals surface area contributed by atoms with Gasteiger partial charge in [-0.1, -0.05) is 12.1 Å². The molecule has 18 heavy (non-hydrogen) atoms. The fourth-order valence-corrected chi connectivity index (χ4v) is 1.64. The van der Waals surface area contributed by atoms with Crippen molar-refractivity contribution in [3.8, 4) is 5.75 Å². The highest BCUT2D eigenvalue weighted by molar-refractivity contribution is 5.36. The molecule has 0 saturated carbocycles. The van der Waals surface area contributed by atoms with Crippen LogP contribution in [0.2, 0.25) is 0 Å². The Labute approximate surface area is 105 Å². The van der Waals surface area contributed by atoms with Crippen LogP contribution in [0.5, 0.6) is 5.75 Å². The maximum atomic E-state index is 13.2. The smallest absolute Gasteiger partial charge is 0.130 e. The van der Waals surface area contributed by atoms with E-state index in [-0.39, 0.29) is 11.9 Å². The van der Waals surface area contributed by atoms with Crippen molar-refractivity contribution >= 4 is 0 Å². The van der Waals surface area contributed by atoms with Gasteiger partial charge in [0.15, 0.2) is 0 Å². The molecule has 0 fully saturated rings. The van der Waals surface area contributed by atoms with E-state index in [1.807, 2.05) is 25.1 Å². The van der Waals surface area contributed by atoms with E-state index in [9.17, 15) is 4.39 Å². The number of aromatic nitrogens is 1. The molecule has 2 aromatic rings. The fraction of sp³-hybridized carbons (Fsp3) is 0.214. The van der Waals surface area contributed by atoms with Crippen LogP contribution in [0.4, 0.5) is 4.39 Å². The lowest BCUT2D eigenvalue weighted by Gasteiger charge is -2.13. The van der Waals surface area contributed by atoms with E-state index in [2.05, 4.69) is 4.98 Å². The van der Waals surface area contributed by atoms with Gasteiger partial charge in [0.05, 0.1) is 5.69 Å². The van der Waals surface area contributed by atoms with E-state index in [1.54, 1.807) is 12.3 Å². The van der Waals surface area contributed by atoms with Crippen LogP contribution in [0.25, 0.3) is 0 Å². The minimum Gasteiger partial charge on any atom is -0.487 e. The molecule has 1 heterocycles. The topological polar surface area (TPSA) is 48.1 Å². The second-order valence-corrected chi connectivity index (χ2v) is 4.08. The summed E-state index contributed by atoms with van der Waals surface area (Å²) in [6.07, 6.45) is 1.69. The minimum atomic E-state index is -0.338. The first-order chi connectivity index (χ1) is 8.66. The summed E-state index contributed by atoms with van der Waals surface area (Å²) in [5.41, 5.74) is 7.39. The lowest BCUT2D eigenvalue weighted by molar-refractivity contribution is 0.295. The Balaban J connectivity index is 2.15. The Bertz CT molecular complexity index is 514. The standard InChI is InChI=1S/C14H15FN2O/c1-10(16)13-6-5-11(15)8-14(13)18-9-12-4-2-3-7-17-12/h2-8,10H,9,16H2,1H3. The monoisotopic (exact) mass is 246 g/mol. The predicted octanol–water partition coefficient (Wildman–Crippen LogP) is 2.82. The summed E-state index contributed by atoms with van der Waals surface area (Å²) in [5, 5.41) is 0. The van der Waals surface area contributed by atoms with Crippen molar-refractivity contribution in [3.63, 3.8) is 0 Å². The van der Waals surface area contributed by atoms with Gasteiger partial charge in [-0.05, 0) is 25.1 Å². The number of nitrogens with zero attached hydrogens (tertiary/aromatic N) is 1. The number of hydrogen-bond acceptors (Lipinski definition) is 3. The largest absolute Gasteiger partial charge is 0.487 e. The Morgan fingerprint density at radius 3 is 2.83 bits per heavy atom. The van der Waals surface area contributed by atoms with Crippen molar-refractivity contribution < 1.29 is 9.13 Å². The van der Waals surface area contributed by atoms with Crippen molar-refractivity contribution in [2.24, 2.45) is 5.73 Å². The first-order valence-corrected chi connectivity index (χ1v) is 5.74. The lowest BCUT2D eigenvalue weighted by Crippen LogP contribution is -2.08. The number of rotatable bonds is 4. The molecule has 0 bridgehead atoms. The molecule has 0 saturated heterocycles. The average Bonchev–Trinajstić information content (AvgIpc) is 2.37. The van der Waals surface area contributed by atoms with Crippen molar-refractivity contribution in [1.82, 2.24) is 4.98 Å². The molecule has 1 aromatic heterocycles. The zero-order valence-electron chi connectivity index (χ0n) is 10.1. The number of ether oxygens (including phenoxy) is 1. The van der Waals surface area contributed by atoms with E-state index in [4.69, 9.17) is 10.5 Å². The summed E-state index contributed by atoms with van der Waals surface area (Å²) in [5.74, 6) is 0.131. The van der Waals surface area contributed by atoms with Crippen LogP contribution < -0.4 is 10.5 Å². The van der Waals surface area contributed by atoms with Crippen molar-refractivity contribution in [2.75, 3.05) is 0 Å². The average molecular weight is 246 g/mol. The quantitative estimate of drug-likeness (QED) is 0.902. The van der Waals surface area contributed by atoms with Crippen LogP contribution in [-0.4, -0.2) is 4.98 Å². The normalized spacial score (nSPS) is 12.2. The predicted molar refractivity (Wildman–Crippen MR) is 67.6 cm³/mol. The molecule has 0 aliphatic heterocycles. The molecule has 1 atom stereocenters. The summed E-state index contributed by atoms with van der Waals surface area (Å²) in [6.45, 7) is 2.13. The summed E-state index contributed by atoms with van der Waals surface area (Å²) >= 11 is 0. The van der Waals surface area contributed by atoms with Crippen molar-refractivity contribution in [1.29, 1.82) is 0 Å². The van der Waals surface area contributed by atoms with E-state index >= 15 is 0 Å². The second kappa shape index (κ2) is 5.60. The van der Waals surface area contributed by atoms with Gasteiger partial charge in [-0.3, -0.25) is 4.98 Å². The third-order valence-corrected chi connectivity index (χ3v) is 2.57. The molecule has 0 aliphatic rings. The van der Waals surface area contributed by atoms with Crippen molar-refractivity contribution in [2.45, 2.75) is 19.6 Å². The highest BCUT2D eigenvalue weighted by atomic mass is 19.1. The third kappa shape index (κ3) is 3.05. The zero-order valence-corrected chi connectivity index (χ0v) is 10.1. The van der Waals surface area contributed by atoms with Crippen LogP contribution in [0.1, 0.15) is 24.2 Å². The molecule has 0 radical (unpaired) electrons. The summed E-state index contributed by atoms with van der Waals surface area (Å²) in [4.78, 5) is 4.14. The molecule has 94 valence electrons. The van der Waals surface area contributed by atoms with Gasteiger partial charge in [0, 0.05) is 23.9 Å². The maximum Gasteiger partial charge on any atom is 0.130 e. The van der Waals surface area contributed by atoms with E-state index in [0.717, 1.165) is 11.3 Å². The van der Waals surface area contributed by atoms with Gasteiger partial charge in [0.25, 0.3) is 0 Å². The van der Waals surface area contributed by atoms with E-state index < -0.39 is 0 Å². The summed E-state index contributed by atoms with van der Waals surface area (Å²) in [6, 6.07) is 9.74. The van der Waals surface area contributed by atoms with Crippen LogP contribution in [0.15, 0.2) is 42.6 Å². The highest BCUT2D eigenvalue weighted by Crippen LogP contribution is 2.25. The Kier molecular flexibility index (Phi) is 3.89. The Morgan fingerprint density at radius 1 is 1.33 bits per heavy atom. The molecule has 0 spiro atoms. The molecule has 4 heteroatoms. The third-order valence-electron chi connectivity index (χ3n) is 2.57. The summed E-state index contributed by atoms with van der Waals surface area (Å²) in [7, 11) is 0. The van der Waals surface area contributed by atoms with Crippen LogP contribution in [0, 0.1) is 5.82 Å². The number of pyridine rings is 1. The number of nitrogens with two attached hydrogens (primary N) is 1. The second-order valence-electron chi connectivity index (χ2n) is 4.08. The zero-order chi connectivity index (χ0) is 13.0. The van der Waals surface area contributed by atoms with Crippen LogP contribution in [-0.2, 0) is 6.61 Å². The van der Waals surface area contributed by atoms with Gasteiger partial charge < -0.3 is 10.5 Å². The molecule has 0 aliphatic carbocycles. The van der Waals surface area contributed by atoms with Crippen molar-refractivity contribution in [3.05, 3.63) is 59.7 Å². The van der Waals surface area contributed by atoms with Gasteiger partial charge in [-0.25, -0.2) is 4.39 Å². The van der Waals surface area contributed by atoms with Crippen LogP contribution >= 0.6 is 0 Å². The molecule has 2 N–H and O–H groups in total. The molecule has 1 aromatic carbocycles. The molecule has 0 amide bonds. The van der Waals surface area contributed by atoms with Gasteiger partial charge in [0.1, 0.15) is 18.2 Å². The van der Waals surface area contributed by atoms with Gasteiger partial charge in [-0.15, -0.1) is 0 Å². The van der Waals surface area contributed by atoms with Gasteiger partial charge >= 0.3 is 0 Å². The number of benzene rings is 1. The number of halogens is 1. The van der Waals surface area contributed by atoms with Crippen LogP contribution in [0.3, 0.4) is 0 Å². The van der Waals surface area contributed by atoms with Gasteiger partial charge in [0.2, 0.25) is 0 Å². The molecular weight excluding hydrogens is 231 g/mol. The van der Waals surface area contributed by atoms with E-state index in [1.165, 1.54) is 12.1 Å². The lowest BCUT2D eigenvalue weighted by atomic mass is 10.1. The highest BCUT2D eigenvalue weighted by Gasteiger charge is 2.09. The van der Waals surface area contributed by atoms with E-state index in [0.29, 0.717) is 12.4 Å². The SMILES string of the molecule is CC(N)c1ccc(F)cc1OCc1ccccn1. The summed E-state index contributed by atoms with van der Waals surface area (Å²) < 4.78 is 18.8. The molecular formula is C14H15FN2O. The fourth-order valence-electron chi connectivity index (χ4n) is 1.64. The Morgan fingerprint density at radius 2 is 2.17 bits per heavy atom. The Hall–Kier alpha value is -1.94. The molecule has 3 nitrogen and oxygen atoms in total. The first-order valence-electron chi connectivity index (χ1n) is 5.74. The first kappa shape index (κ1) is 12.5. The minimum absolute atomic E-state index is 0.204. The van der Waals surface area contributed by atoms with Gasteiger partial charge in [-0.2, -0.15) is 0 Å². The maximum absolute atomic E-state index is 13.2. The number of hydrogen-bond donors (Lipinski definition) is 1. The molecule has 2 rings (SSSR count). The molecule has 1 unspecified atom stereocenters.